The first kappa shape index (κ1) is 65.6. The maximum atomic E-state index is 12.9. The van der Waals surface area contributed by atoms with Crippen molar-refractivity contribution < 1.29 is 28.6 Å². The highest BCUT2D eigenvalue weighted by Crippen LogP contribution is 2.16. The van der Waals surface area contributed by atoms with Gasteiger partial charge in [0.25, 0.3) is 0 Å². The van der Waals surface area contributed by atoms with E-state index in [9.17, 15) is 14.4 Å². The molecular weight excluding hydrogens is 853 g/mol. The summed E-state index contributed by atoms with van der Waals surface area (Å²) < 4.78 is 16.8. The summed E-state index contributed by atoms with van der Waals surface area (Å²) in [5.74, 6) is -0.976. The number of unbranched alkanes of at least 4 members (excludes halogenated alkanes) is 27. The van der Waals surface area contributed by atoms with Crippen molar-refractivity contribution in [1.29, 1.82) is 0 Å². The number of rotatable bonds is 52. The van der Waals surface area contributed by atoms with Gasteiger partial charge in [0.15, 0.2) is 6.10 Å². The third-order valence-corrected chi connectivity index (χ3v) is 12.4. The zero-order valence-electron chi connectivity index (χ0n) is 45.3. The molecular formula is C63H108O6. The molecule has 1 atom stereocenters. The van der Waals surface area contributed by atoms with Crippen LogP contribution in [0.3, 0.4) is 0 Å². The number of hydrogen-bond donors (Lipinski definition) is 0. The summed E-state index contributed by atoms with van der Waals surface area (Å²) in [6.07, 6.45) is 74.4. The largest absolute Gasteiger partial charge is 0.462 e. The van der Waals surface area contributed by atoms with Gasteiger partial charge in [0.2, 0.25) is 0 Å². The second-order valence-electron chi connectivity index (χ2n) is 19.2. The van der Waals surface area contributed by atoms with Crippen LogP contribution in [0.15, 0.2) is 85.1 Å². The molecule has 0 saturated heterocycles. The third kappa shape index (κ3) is 55.4. The van der Waals surface area contributed by atoms with Crippen LogP contribution in [0.2, 0.25) is 0 Å². The Morgan fingerprint density at radius 2 is 0.565 bits per heavy atom. The van der Waals surface area contributed by atoms with Gasteiger partial charge in [-0.1, -0.05) is 247 Å². The Morgan fingerprint density at radius 1 is 0.304 bits per heavy atom. The van der Waals surface area contributed by atoms with Crippen molar-refractivity contribution in [2.75, 3.05) is 13.2 Å². The molecule has 0 unspecified atom stereocenters. The van der Waals surface area contributed by atoms with E-state index in [2.05, 4.69) is 106 Å². The maximum absolute atomic E-state index is 12.9. The summed E-state index contributed by atoms with van der Waals surface area (Å²) in [4.78, 5) is 38.1. The number of esters is 3. The first-order valence-electron chi connectivity index (χ1n) is 29.1. The average molecular weight is 962 g/mol. The molecule has 6 nitrogen and oxygen atoms in total. The minimum Gasteiger partial charge on any atom is -0.462 e. The Morgan fingerprint density at radius 3 is 0.913 bits per heavy atom. The Kier molecular flexibility index (Phi) is 54.3. The van der Waals surface area contributed by atoms with E-state index in [0.29, 0.717) is 19.3 Å². The Hall–Kier alpha value is -3.41. The summed E-state index contributed by atoms with van der Waals surface area (Å²) in [6.45, 7) is 6.45. The molecule has 0 fully saturated rings. The number of ether oxygens (including phenoxy) is 3. The minimum atomic E-state index is -0.808. The Labute approximate surface area is 426 Å². The van der Waals surface area contributed by atoms with Crippen molar-refractivity contribution in [3.05, 3.63) is 85.1 Å². The lowest BCUT2D eigenvalue weighted by atomic mass is 10.0. The minimum absolute atomic E-state index is 0.108. The van der Waals surface area contributed by atoms with Gasteiger partial charge in [0.05, 0.1) is 0 Å². The van der Waals surface area contributed by atoms with Gasteiger partial charge in [0.1, 0.15) is 13.2 Å². The monoisotopic (exact) mass is 961 g/mol. The molecule has 69 heavy (non-hydrogen) atoms. The lowest BCUT2D eigenvalue weighted by Gasteiger charge is -2.18. The molecule has 0 heterocycles. The number of hydrogen-bond acceptors (Lipinski definition) is 6. The highest BCUT2D eigenvalue weighted by atomic mass is 16.6. The highest BCUT2D eigenvalue weighted by molar-refractivity contribution is 5.71. The van der Waals surface area contributed by atoms with Gasteiger partial charge in [-0.15, -0.1) is 0 Å². The van der Waals surface area contributed by atoms with Gasteiger partial charge in [0, 0.05) is 19.3 Å². The molecule has 0 saturated carbocycles. The van der Waals surface area contributed by atoms with Crippen LogP contribution >= 0.6 is 0 Å². The van der Waals surface area contributed by atoms with Crippen molar-refractivity contribution in [3.8, 4) is 0 Å². The molecule has 396 valence electrons. The van der Waals surface area contributed by atoms with Crippen LogP contribution in [0.4, 0.5) is 0 Å². The van der Waals surface area contributed by atoms with Gasteiger partial charge in [-0.3, -0.25) is 14.4 Å². The van der Waals surface area contributed by atoms with Crippen molar-refractivity contribution in [1.82, 2.24) is 0 Å². The lowest BCUT2D eigenvalue weighted by molar-refractivity contribution is -0.167. The molecule has 0 bridgehead atoms. The topological polar surface area (TPSA) is 78.9 Å². The van der Waals surface area contributed by atoms with Gasteiger partial charge < -0.3 is 14.2 Å². The molecule has 0 radical (unpaired) electrons. The van der Waals surface area contributed by atoms with E-state index in [4.69, 9.17) is 14.2 Å². The van der Waals surface area contributed by atoms with Crippen molar-refractivity contribution in [2.45, 2.75) is 284 Å². The molecule has 0 N–H and O–H groups in total. The molecule has 6 heteroatoms. The van der Waals surface area contributed by atoms with E-state index >= 15 is 0 Å². The van der Waals surface area contributed by atoms with Gasteiger partial charge in [-0.2, -0.15) is 0 Å². The summed E-state index contributed by atoms with van der Waals surface area (Å²) >= 11 is 0. The molecule has 0 aromatic rings. The van der Waals surface area contributed by atoms with Crippen LogP contribution in [0.25, 0.3) is 0 Å². The van der Waals surface area contributed by atoms with Gasteiger partial charge in [-0.25, -0.2) is 0 Å². The molecule has 0 amide bonds. The van der Waals surface area contributed by atoms with E-state index in [1.807, 2.05) is 0 Å². The SMILES string of the molecule is CC/C=C\C/C=C\C/C=C\C/C=C\CCCCC(=O)OC[C@H](COC(=O)CCCC/C=C\C/C=C\C/C=C\CCCCC)OC(=O)CCCCCCCCCCCCCCCCCCCCCCC. The first-order chi connectivity index (χ1) is 34.0. The standard InChI is InChI=1S/C63H108O6/c1-4-7-10-13-16-19-22-25-28-29-30-31-32-33-36-39-42-45-48-51-54-57-63(66)69-60(58-67-61(64)55-52-49-46-43-40-37-34-26-23-20-17-14-11-8-5-2)59-68-62(65)56-53-50-47-44-41-38-35-27-24-21-18-15-12-9-6-3/h8,11,17-18,20-21,26-27,34-35,40-41,43-44,60H,4-7,9-10,12-16,19,22-25,28-33,36-39,42,45-59H2,1-3H3/b11-8-,20-17-,21-18-,34-26-,35-27-,43-40-,44-41-/t60-/m1/s1. The van der Waals surface area contributed by atoms with Crippen LogP contribution < -0.4 is 0 Å². The molecule has 0 aliphatic rings. The summed E-state index contributed by atoms with van der Waals surface area (Å²) in [7, 11) is 0. The fraction of sp³-hybridized carbons (Fsp3) is 0.730. The Bertz CT molecular complexity index is 1330. The molecule has 0 spiro atoms. The molecule has 0 rings (SSSR count). The van der Waals surface area contributed by atoms with Crippen LogP contribution in [-0.2, 0) is 28.6 Å². The highest BCUT2D eigenvalue weighted by Gasteiger charge is 2.19. The predicted octanol–water partition coefficient (Wildman–Crippen LogP) is 19.5. The number of carbonyl (C=O) groups is 3. The predicted molar refractivity (Wildman–Crippen MR) is 297 cm³/mol. The molecule has 0 aromatic heterocycles. The van der Waals surface area contributed by atoms with Gasteiger partial charge >= 0.3 is 17.9 Å². The fourth-order valence-electron chi connectivity index (χ4n) is 8.03. The fourth-order valence-corrected chi connectivity index (χ4v) is 8.03. The normalized spacial score (nSPS) is 12.7. The van der Waals surface area contributed by atoms with E-state index in [1.165, 1.54) is 141 Å². The van der Waals surface area contributed by atoms with Crippen LogP contribution in [0.1, 0.15) is 278 Å². The maximum Gasteiger partial charge on any atom is 0.306 e. The Balaban J connectivity index is 4.43. The zero-order valence-corrected chi connectivity index (χ0v) is 45.3. The molecule has 0 aliphatic heterocycles. The second-order valence-corrected chi connectivity index (χ2v) is 19.2. The lowest BCUT2D eigenvalue weighted by Crippen LogP contribution is -2.30. The van der Waals surface area contributed by atoms with Gasteiger partial charge in [-0.05, 0) is 96.3 Å². The van der Waals surface area contributed by atoms with Crippen molar-refractivity contribution in [3.63, 3.8) is 0 Å². The number of allylic oxidation sites excluding steroid dienone is 14. The smallest absolute Gasteiger partial charge is 0.306 e. The summed E-state index contributed by atoms with van der Waals surface area (Å²) in [5.41, 5.74) is 0. The molecule has 0 aliphatic carbocycles. The number of carbonyl (C=O) groups excluding carboxylic acids is 3. The van der Waals surface area contributed by atoms with Crippen molar-refractivity contribution >= 4 is 17.9 Å². The van der Waals surface area contributed by atoms with Crippen LogP contribution in [-0.4, -0.2) is 37.2 Å². The zero-order chi connectivity index (χ0) is 50.0. The van der Waals surface area contributed by atoms with E-state index < -0.39 is 6.10 Å². The van der Waals surface area contributed by atoms with E-state index in [0.717, 1.165) is 96.3 Å². The first-order valence-corrected chi connectivity index (χ1v) is 29.1. The van der Waals surface area contributed by atoms with E-state index in [1.54, 1.807) is 0 Å². The van der Waals surface area contributed by atoms with Crippen LogP contribution in [0.5, 0.6) is 0 Å². The second kappa shape index (κ2) is 57.2. The van der Waals surface area contributed by atoms with E-state index in [-0.39, 0.29) is 31.1 Å². The van der Waals surface area contributed by atoms with Crippen LogP contribution in [0, 0.1) is 0 Å². The quantitative estimate of drug-likeness (QED) is 0.0262. The summed E-state index contributed by atoms with van der Waals surface area (Å²) in [5, 5.41) is 0. The van der Waals surface area contributed by atoms with Crippen molar-refractivity contribution in [2.24, 2.45) is 0 Å². The third-order valence-electron chi connectivity index (χ3n) is 12.4. The average Bonchev–Trinajstić information content (AvgIpc) is 3.35. The summed E-state index contributed by atoms with van der Waals surface area (Å²) in [6, 6.07) is 0. The molecule has 0 aromatic carbocycles.